The molecule has 1 N–H and O–H groups in total. The Bertz CT molecular complexity index is 1530. The van der Waals surface area contributed by atoms with Crippen molar-refractivity contribution in [3.8, 4) is 17.2 Å². The van der Waals surface area contributed by atoms with Gasteiger partial charge in [-0.3, -0.25) is 13.9 Å². The SMILES string of the molecule is CCOc1ccc(N(CC(=O)N(Cc2ccc(F)cc2)[C@H](CC)C(=O)NCC(C)C)S(=O)(=O)c2ccc(OC)c(OC)c2)cc1. The third kappa shape index (κ3) is 9.10. The first kappa shape index (κ1) is 35.2. The second kappa shape index (κ2) is 16.1. The quantitative estimate of drug-likeness (QED) is 0.233. The Morgan fingerprint density at radius 1 is 0.911 bits per heavy atom. The summed E-state index contributed by atoms with van der Waals surface area (Å²) in [6, 6.07) is 15.2. The van der Waals surface area contributed by atoms with Crippen molar-refractivity contribution in [1.82, 2.24) is 10.2 Å². The molecular formula is C33H42FN3O7S. The minimum atomic E-state index is -4.36. The van der Waals surface area contributed by atoms with Crippen LogP contribution in [0.3, 0.4) is 0 Å². The van der Waals surface area contributed by atoms with E-state index in [0.717, 1.165) is 4.31 Å². The first-order valence-electron chi connectivity index (χ1n) is 14.7. The van der Waals surface area contributed by atoms with Crippen LogP contribution in [0.4, 0.5) is 10.1 Å². The van der Waals surface area contributed by atoms with Crippen LogP contribution in [0.15, 0.2) is 71.6 Å². The molecule has 3 aromatic carbocycles. The minimum absolute atomic E-state index is 0.0414. The van der Waals surface area contributed by atoms with Crippen LogP contribution >= 0.6 is 0 Å². The predicted molar refractivity (Wildman–Crippen MR) is 171 cm³/mol. The molecule has 0 saturated heterocycles. The van der Waals surface area contributed by atoms with E-state index in [1.807, 2.05) is 20.8 Å². The summed E-state index contributed by atoms with van der Waals surface area (Å²) in [6.07, 6.45) is 0.266. The zero-order valence-corrected chi connectivity index (χ0v) is 27.4. The molecule has 0 aliphatic rings. The molecule has 3 aromatic rings. The fraction of sp³-hybridized carbons (Fsp3) is 0.394. The zero-order chi connectivity index (χ0) is 33.1. The Kier molecular flexibility index (Phi) is 12.6. The van der Waals surface area contributed by atoms with Gasteiger partial charge in [-0.1, -0.05) is 32.9 Å². The van der Waals surface area contributed by atoms with Gasteiger partial charge in [0.1, 0.15) is 24.2 Å². The van der Waals surface area contributed by atoms with Crippen LogP contribution in [0.1, 0.15) is 39.7 Å². The number of ether oxygens (including phenoxy) is 3. The number of carbonyl (C=O) groups excluding carboxylic acids is 2. The fourth-order valence-electron chi connectivity index (χ4n) is 4.64. The number of hydrogen-bond acceptors (Lipinski definition) is 7. The molecule has 45 heavy (non-hydrogen) atoms. The Hall–Kier alpha value is -4.32. The first-order valence-corrected chi connectivity index (χ1v) is 16.2. The lowest BCUT2D eigenvalue weighted by atomic mass is 10.1. The molecule has 12 heteroatoms. The van der Waals surface area contributed by atoms with Crippen LogP contribution in [0.2, 0.25) is 0 Å². The number of anilines is 1. The van der Waals surface area contributed by atoms with Gasteiger partial charge in [0.05, 0.1) is 31.4 Å². The molecule has 0 heterocycles. The van der Waals surface area contributed by atoms with Crippen LogP contribution in [0.25, 0.3) is 0 Å². The number of sulfonamides is 1. The third-order valence-corrected chi connectivity index (χ3v) is 8.76. The van der Waals surface area contributed by atoms with Crippen molar-refractivity contribution < 1.29 is 36.6 Å². The highest BCUT2D eigenvalue weighted by atomic mass is 32.2. The average molecular weight is 644 g/mol. The Balaban J connectivity index is 2.09. The number of hydrogen-bond donors (Lipinski definition) is 1. The van der Waals surface area contributed by atoms with E-state index in [0.29, 0.717) is 30.2 Å². The van der Waals surface area contributed by atoms with Gasteiger partial charge in [0, 0.05) is 19.2 Å². The smallest absolute Gasteiger partial charge is 0.264 e. The molecule has 0 unspecified atom stereocenters. The van der Waals surface area contributed by atoms with Gasteiger partial charge in [0.2, 0.25) is 11.8 Å². The molecule has 2 amide bonds. The second-order valence-corrected chi connectivity index (χ2v) is 12.5. The summed E-state index contributed by atoms with van der Waals surface area (Å²) < 4.78 is 59.3. The highest BCUT2D eigenvalue weighted by molar-refractivity contribution is 7.92. The number of amides is 2. The highest BCUT2D eigenvalue weighted by Gasteiger charge is 2.34. The molecule has 3 rings (SSSR count). The van der Waals surface area contributed by atoms with Gasteiger partial charge in [-0.15, -0.1) is 0 Å². The van der Waals surface area contributed by atoms with E-state index in [2.05, 4.69) is 5.32 Å². The molecule has 1 atom stereocenters. The number of methoxy groups -OCH3 is 2. The van der Waals surface area contributed by atoms with Gasteiger partial charge < -0.3 is 24.4 Å². The van der Waals surface area contributed by atoms with E-state index >= 15 is 0 Å². The standard InChI is InChI=1S/C33H42FN3O7S/c1-7-29(33(39)35-20-23(3)4)36(21-24-9-11-25(34)12-10-24)32(38)22-37(26-13-15-27(16-14-26)44-8-2)45(40,41)28-17-18-30(42-5)31(19-28)43-6/h9-19,23,29H,7-8,20-22H2,1-6H3,(H,35,39)/t29-/m1/s1. The highest BCUT2D eigenvalue weighted by Crippen LogP contribution is 2.33. The van der Waals surface area contributed by atoms with Gasteiger partial charge in [0.15, 0.2) is 11.5 Å². The van der Waals surface area contributed by atoms with Crippen molar-refractivity contribution in [3.05, 3.63) is 78.1 Å². The molecular weight excluding hydrogens is 601 g/mol. The van der Waals surface area contributed by atoms with Gasteiger partial charge in [-0.05, 0) is 73.4 Å². The maximum absolute atomic E-state index is 14.2. The number of carbonyl (C=O) groups is 2. The number of rotatable bonds is 16. The zero-order valence-electron chi connectivity index (χ0n) is 26.6. The second-order valence-electron chi connectivity index (χ2n) is 10.7. The molecule has 0 spiro atoms. The Morgan fingerprint density at radius 3 is 2.11 bits per heavy atom. The molecule has 0 aliphatic carbocycles. The number of benzene rings is 3. The largest absolute Gasteiger partial charge is 0.494 e. The molecule has 10 nitrogen and oxygen atoms in total. The van der Waals surface area contributed by atoms with Crippen molar-refractivity contribution >= 4 is 27.5 Å². The van der Waals surface area contributed by atoms with Crippen LogP contribution in [0, 0.1) is 11.7 Å². The van der Waals surface area contributed by atoms with Crippen molar-refractivity contribution in [1.29, 1.82) is 0 Å². The number of nitrogens with one attached hydrogen (secondary N) is 1. The van der Waals surface area contributed by atoms with E-state index in [-0.39, 0.29) is 41.1 Å². The maximum atomic E-state index is 14.2. The summed E-state index contributed by atoms with van der Waals surface area (Å²) in [5, 5.41) is 2.88. The normalized spacial score (nSPS) is 11.9. The number of halogens is 1. The first-order chi connectivity index (χ1) is 21.4. The van der Waals surface area contributed by atoms with Crippen molar-refractivity contribution in [3.63, 3.8) is 0 Å². The monoisotopic (exact) mass is 643 g/mol. The van der Waals surface area contributed by atoms with Crippen molar-refractivity contribution in [2.45, 2.75) is 51.6 Å². The molecule has 0 saturated carbocycles. The lowest BCUT2D eigenvalue weighted by Gasteiger charge is -2.33. The van der Waals surface area contributed by atoms with E-state index in [1.54, 1.807) is 31.2 Å². The van der Waals surface area contributed by atoms with Gasteiger partial charge in [0.25, 0.3) is 10.0 Å². The third-order valence-electron chi connectivity index (χ3n) is 6.99. The van der Waals surface area contributed by atoms with Crippen LogP contribution in [-0.4, -0.2) is 65.1 Å². The summed E-state index contributed by atoms with van der Waals surface area (Å²) >= 11 is 0. The van der Waals surface area contributed by atoms with Crippen LogP contribution in [0.5, 0.6) is 17.2 Å². The summed E-state index contributed by atoms with van der Waals surface area (Å²) in [5.41, 5.74) is 0.788. The molecule has 244 valence electrons. The summed E-state index contributed by atoms with van der Waals surface area (Å²) in [5.74, 6) is -0.190. The molecule has 0 bridgehead atoms. The van der Waals surface area contributed by atoms with Crippen molar-refractivity contribution in [2.24, 2.45) is 5.92 Å². The summed E-state index contributed by atoms with van der Waals surface area (Å²) in [4.78, 5) is 28.8. The average Bonchev–Trinajstić information content (AvgIpc) is 3.03. The van der Waals surface area contributed by atoms with E-state index < -0.39 is 34.3 Å². The minimum Gasteiger partial charge on any atom is -0.494 e. The van der Waals surface area contributed by atoms with E-state index in [9.17, 15) is 22.4 Å². The summed E-state index contributed by atoms with van der Waals surface area (Å²) in [7, 11) is -1.53. The van der Waals surface area contributed by atoms with Gasteiger partial charge >= 0.3 is 0 Å². The maximum Gasteiger partial charge on any atom is 0.264 e. The molecule has 0 aliphatic heterocycles. The number of nitrogens with zero attached hydrogens (tertiary/aromatic N) is 2. The predicted octanol–water partition coefficient (Wildman–Crippen LogP) is 5.02. The Labute approximate surface area is 265 Å². The molecule has 0 fully saturated rings. The lowest BCUT2D eigenvalue weighted by Crippen LogP contribution is -2.52. The van der Waals surface area contributed by atoms with Gasteiger partial charge in [-0.2, -0.15) is 0 Å². The van der Waals surface area contributed by atoms with E-state index in [4.69, 9.17) is 14.2 Å². The lowest BCUT2D eigenvalue weighted by molar-refractivity contribution is -0.140. The van der Waals surface area contributed by atoms with Crippen molar-refractivity contribution in [2.75, 3.05) is 38.2 Å². The fourth-order valence-corrected chi connectivity index (χ4v) is 6.07. The van der Waals surface area contributed by atoms with Gasteiger partial charge in [-0.25, -0.2) is 12.8 Å². The van der Waals surface area contributed by atoms with Crippen LogP contribution in [-0.2, 0) is 26.2 Å². The Morgan fingerprint density at radius 2 is 1.56 bits per heavy atom. The van der Waals surface area contributed by atoms with E-state index in [1.165, 1.54) is 61.6 Å². The topological polar surface area (TPSA) is 114 Å². The molecule has 0 aromatic heterocycles. The summed E-state index contributed by atoms with van der Waals surface area (Å²) in [6.45, 7) is 7.67. The molecule has 0 radical (unpaired) electrons. The van der Waals surface area contributed by atoms with Crippen LogP contribution < -0.4 is 23.8 Å².